The van der Waals surface area contributed by atoms with E-state index in [1.807, 2.05) is 6.07 Å². The number of hydrogen-bond acceptors (Lipinski definition) is 3. The SMILES string of the molecule is CC1(C)C(=O)N(Cc2ccccc2Cl)OC1CC(=O)O. The van der Waals surface area contributed by atoms with E-state index in [4.69, 9.17) is 21.5 Å². The monoisotopic (exact) mass is 297 g/mol. The summed E-state index contributed by atoms with van der Waals surface area (Å²) in [4.78, 5) is 28.6. The normalized spacial score (nSPS) is 21.2. The summed E-state index contributed by atoms with van der Waals surface area (Å²) in [7, 11) is 0. The average molecular weight is 298 g/mol. The minimum atomic E-state index is -0.990. The molecule has 2 rings (SSSR count). The number of carboxylic acids is 1. The molecule has 1 heterocycles. The van der Waals surface area contributed by atoms with Crippen LogP contribution < -0.4 is 0 Å². The summed E-state index contributed by atoms with van der Waals surface area (Å²) in [6.45, 7) is 3.59. The molecule has 20 heavy (non-hydrogen) atoms. The molecule has 1 aromatic carbocycles. The molecule has 1 aromatic rings. The van der Waals surface area contributed by atoms with Crippen LogP contribution in [0.5, 0.6) is 0 Å². The number of aliphatic carboxylic acids is 1. The Hall–Kier alpha value is -1.59. The molecule has 0 radical (unpaired) electrons. The van der Waals surface area contributed by atoms with Crippen molar-refractivity contribution in [3.63, 3.8) is 0 Å². The van der Waals surface area contributed by atoms with Crippen LogP contribution >= 0.6 is 11.6 Å². The van der Waals surface area contributed by atoms with Crippen LogP contribution in [0, 0.1) is 5.41 Å². The fourth-order valence-electron chi connectivity index (χ4n) is 2.13. The number of halogens is 1. The molecule has 1 saturated heterocycles. The van der Waals surface area contributed by atoms with Gasteiger partial charge in [0.15, 0.2) is 0 Å². The fourth-order valence-corrected chi connectivity index (χ4v) is 2.33. The molecular weight excluding hydrogens is 282 g/mol. The van der Waals surface area contributed by atoms with E-state index in [1.165, 1.54) is 5.06 Å². The van der Waals surface area contributed by atoms with Crippen molar-refractivity contribution in [2.45, 2.75) is 32.9 Å². The van der Waals surface area contributed by atoms with E-state index in [-0.39, 0.29) is 18.9 Å². The number of amides is 1. The maximum Gasteiger partial charge on any atom is 0.306 e. The largest absolute Gasteiger partial charge is 0.481 e. The molecule has 0 saturated carbocycles. The molecule has 0 aliphatic carbocycles. The van der Waals surface area contributed by atoms with E-state index in [1.54, 1.807) is 32.0 Å². The van der Waals surface area contributed by atoms with E-state index in [2.05, 4.69) is 0 Å². The summed E-state index contributed by atoms with van der Waals surface area (Å²) in [5, 5.41) is 10.6. The number of carbonyl (C=O) groups excluding carboxylic acids is 1. The molecule has 1 unspecified atom stereocenters. The molecule has 0 aromatic heterocycles. The first kappa shape index (κ1) is 14.8. The predicted octanol–water partition coefficient (Wildman–Crippen LogP) is 2.48. The average Bonchev–Trinajstić information content (AvgIpc) is 2.56. The van der Waals surface area contributed by atoms with E-state index in [0.29, 0.717) is 5.02 Å². The van der Waals surface area contributed by atoms with Crippen LogP contribution in [-0.2, 0) is 21.0 Å². The Bertz CT molecular complexity index is 544. The summed E-state index contributed by atoms with van der Waals surface area (Å²) in [6, 6.07) is 7.16. The third kappa shape index (κ3) is 2.78. The highest BCUT2D eigenvalue weighted by Gasteiger charge is 2.49. The smallest absolute Gasteiger partial charge is 0.306 e. The van der Waals surface area contributed by atoms with Crippen molar-refractivity contribution in [1.29, 1.82) is 0 Å². The van der Waals surface area contributed by atoms with Crippen LogP contribution in [0.4, 0.5) is 0 Å². The predicted molar refractivity (Wildman–Crippen MR) is 72.9 cm³/mol. The number of nitrogens with zero attached hydrogens (tertiary/aromatic N) is 1. The third-order valence-electron chi connectivity index (χ3n) is 3.47. The van der Waals surface area contributed by atoms with Crippen molar-refractivity contribution in [3.05, 3.63) is 34.9 Å². The molecular formula is C14H16ClNO4. The first-order chi connectivity index (χ1) is 9.32. The lowest BCUT2D eigenvalue weighted by Gasteiger charge is -2.18. The van der Waals surface area contributed by atoms with Gasteiger partial charge in [0.05, 0.1) is 18.4 Å². The van der Waals surface area contributed by atoms with Crippen molar-refractivity contribution < 1.29 is 19.5 Å². The van der Waals surface area contributed by atoms with Gasteiger partial charge in [0, 0.05) is 5.02 Å². The highest BCUT2D eigenvalue weighted by molar-refractivity contribution is 6.31. The van der Waals surface area contributed by atoms with Crippen LogP contribution in [0.1, 0.15) is 25.8 Å². The second-order valence-corrected chi connectivity index (χ2v) is 5.75. The summed E-state index contributed by atoms with van der Waals surface area (Å²) < 4.78 is 0. The van der Waals surface area contributed by atoms with Crippen LogP contribution in [0.25, 0.3) is 0 Å². The molecule has 108 valence electrons. The molecule has 1 atom stereocenters. The molecule has 0 spiro atoms. The number of benzene rings is 1. The molecule has 1 aliphatic heterocycles. The Morgan fingerprint density at radius 3 is 2.70 bits per heavy atom. The summed E-state index contributed by atoms with van der Waals surface area (Å²) in [5.74, 6) is -1.22. The van der Waals surface area contributed by atoms with Gasteiger partial charge in [-0.15, -0.1) is 0 Å². The molecule has 1 amide bonds. The van der Waals surface area contributed by atoms with Crippen molar-refractivity contribution in [2.75, 3.05) is 0 Å². The number of rotatable bonds is 4. The van der Waals surface area contributed by atoms with Crippen molar-refractivity contribution in [2.24, 2.45) is 5.41 Å². The maximum atomic E-state index is 12.3. The second-order valence-electron chi connectivity index (χ2n) is 5.35. The maximum absolute atomic E-state index is 12.3. The molecule has 1 N–H and O–H groups in total. The van der Waals surface area contributed by atoms with Gasteiger partial charge in [0.25, 0.3) is 5.91 Å². The number of carboxylic acid groups (broad SMARTS) is 1. The van der Waals surface area contributed by atoms with Gasteiger partial charge in [0.1, 0.15) is 6.10 Å². The molecule has 6 heteroatoms. The quantitative estimate of drug-likeness (QED) is 0.927. The fraction of sp³-hybridized carbons (Fsp3) is 0.429. The Balaban J connectivity index is 2.16. The number of hydroxylamine groups is 2. The standard InChI is InChI=1S/C14H16ClNO4/c1-14(2)11(7-12(17)18)20-16(13(14)19)8-9-5-3-4-6-10(9)15/h3-6,11H,7-8H2,1-2H3,(H,17,18). The van der Waals surface area contributed by atoms with Gasteiger partial charge in [0.2, 0.25) is 0 Å². The molecule has 1 fully saturated rings. The minimum Gasteiger partial charge on any atom is -0.481 e. The Morgan fingerprint density at radius 2 is 2.10 bits per heavy atom. The van der Waals surface area contributed by atoms with E-state index < -0.39 is 17.5 Å². The third-order valence-corrected chi connectivity index (χ3v) is 3.84. The van der Waals surface area contributed by atoms with Gasteiger partial charge in [-0.05, 0) is 25.5 Å². The van der Waals surface area contributed by atoms with Gasteiger partial charge >= 0.3 is 5.97 Å². The van der Waals surface area contributed by atoms with Gasteiger partial charge in [-0.2, -0.15) is 0 Å². The number of carbonyl (C=O) groups is 2. The van der Waals surface area contributed by atoms with Gasteiger partial charge < -0.3 is 5.11 Å². The lowest BCUT2D eigenvalue weighted by Crippen LogP contribution is -2.33. The van der Waals surface area contributed by atoms with Gasteiger partial charge in [-0.25, -0.2) is 5.06 Å². The van der Waals surface area contributed by atoms with Crippen molar-refractivity contribution in [1.82, 2.24) is 5.06 Å². The van der Waals surface area contributed by atoms with Gasteiger partial charge in [-0.3, -0.25) is 14.4 Å². The van der Waals surface area contributed by atoms with Crippen molar-refractivity contribution in [3.8, 4) is 0 Å². The van der Waals surface area contributed by atoms with Crippen molar-refractivity contribution >= 4 is 23.5 Å². The Morgan fingerprint density at radius 1 is 1.45 bits per heavy atom. The topological polar surface area (TPSA) is 66.8 Å². The van der Waals surface area contributed by atoms with Crippen LogP contribution in [-0.4, -0.2) is 28.2 Å². The second kappa shape index (κ2) is 5.42. The lowest BCUT2D eigenvalue weighted by atomic mass is 9.85. The lowest BCUT2D eigenvalue weighted by molar-refractivity contribution is -0.180. The Kier molecular flexibility index (Phi) is 4.01. The molecule has 0 bridgehead atoms. The van der Waals surface area contributed by atoms with Gasteiger partial charge in [-0.1, -0.05) is 29.8 Å². The number of hydrogen-bond donors (Lipinski definition) is 1. The highest BCUT2D eigenvalue weighted by Crippen LogP contribution is 2.37. The first-order valence-electron chi connectivity index (χ1n) is 6.26. The molecule has 1 aliphatic rings. The highest BCUT2D eigenvalue weighted by atomic mass is 35.5. The van der Waals surface area contributed by atoms with E-state index >= 15 is 0 Å². The van der Waals surface area contributed by atoms with E-state index in [9.17, 15) is 9.59 Å². The first-order valence-corrected chi connectivity index (χ1v) is 6.64. The zero-order valence-corrected chi connectivity index (χ0v) is 12.1. The summed E-state index contributed by atoms with van der Waals surface area (Å²) in [5.41, 5.74) is -0.103. The zero-order valence-electron chi connectivity index (χ0n) is 11.3. The van der Waals surface area contributed by atoms with Crippen LogP contribution in [0.15, 0.2) is 24.3 Å². The minimum absolute atomic E-state index is 0.206. The summed E-state index contributed by atoms with van der Waals surface area (Å²) >= 11 is 6.05. The van der Waals surface area contributed by atoms with Crippen LogP contribution in [0.3, 0.4) is 0 Å². The molecule has 5 nitrogen and oxygen atoms in total. The summed E-state index contributed by atoms with van der Waals surface area (Å²) in [6.07, 6.45) is -0.882. The van der Waals surface area contributed by atoms with E-state index in [0.717, 1.165) is 5.56 Å². The van der Waals surface area contributed by atoms with Crippen LogP contribution in [0.2, 0.25) is 5.02 Å². The zero-order chi connectivity index (χ0) is 14.9. The Labute approximate surface area is 122 Å².